The van der Waals surface area contributed by atoms with E-state index in [9.17, 15) is 9.59 Å². The molecule has 0 fully saturated rings. The van der Waals surface area contributed by atoms with Gasteiger partial charge in [0.15, 0.2) is 17.3 Å². The number of carbonyl (C=O) groups is 2. The molecule has 2 rings (SSSR count). The molecule has 11 heteroatoms. The van der Waals surface area contributed by atoms with Gasteiger partial charge in [-0.2, -0.15) is 10.2 Å². The molecule has 0 saturated carbocycles. The van der Waals surface area contributed by atoms with Crippen molar-refractivity contribution in [2.45, 2.75) is 26.8 Å². The number of nitrogens with one attached hydrogen (secondary N) is 1. The summed E-state index contributed by atoms with van der Waals surface area (Å²) in [6.07, 6.45) is 0. The van der Waals surface area contributed by atoms with Gasteiger partial charge in [0.05, 0.1) is 38.1 Å². The molecule has 1 atom stereocenters. The molecule has 0 radical (unpaired) electrons. The average molecular weight is 498 g/mol. The summed E-state index contributed by atoms with van der Waals surface area (Å²) < 4.78 is 21.4. The van der Waals surface area contributed by atoms with Crippen LogP contribution in [0.3, 0.4) is 0 Å². The third kappa shape index (κ3) is 6.49. The van der Waals surface area contributed by atoms with Crippen molar-refractivity contribution < 1.29 is 28.5 Å². The van der Waals surface area contributed by atoms with Crippen LogP contribution in [0.5, 0.6) is 23.0 Å². The molecule has 1 amide bonds. The van der Waals surface area contributed by atoms with Gasteiger partial charge in [0.1, 0.15) is 22.2 Å². The quantitative estimate of drug-likeness (QED) is 0.324. The van der Waals surface area contributed by atoms with Gasteiger partial charge < -0.3 is 24.3 Å². The molecule has 178 valence electrons. The Balaban J connectivity index is 2.35. The number of hydrogen-bond acceptors (Lipinski definition) is 8. The fourth-order valence-corrected chi connectivity index (χ4v) is 3.30. The number of anilines is 1. The largest absolute Gasteiger partial charge is 0.495 e. The van der Waals surface area contributed by atoms with Crippen molar-refractivity contribution in [2.24, 2.45) is 10.2 Å². The van der Waals surface area contributed by atoms with E-state index in [0.29, 0.717) is 30.5 Å². The highest BCUT2D eigenvalue weighted by molar-refractivity contribution is 6.34. The third-order valence-corrected chi connectivity index (χ3v) is 4.92. The Morgan fingerprint density at radius 2 is 1.67 bits per heavy atom. The molecule has 2 aromatic rings. The monoisotopic (exact) mass is 497 g/mol. The first kappa shape index (κ1) is 26.2. The molecule has 0 heterocycles. The maximum Gasteiger partial charge on any atom is 0.258 e. The van der Waals surface area contributed by atoms with Gasteiger partial charge in [0.2, 0.25) is 6.04 Å². The van der Waals surface area contributed by atoms with Gasteiger partial charge in [-0.25, -0.2) is 0 Å². The second-order valence-corrected chi connectivity index (χ2v) is 7.28. The summed E-state index contributed by atoms with van der Waals surface area (Å²) in [5.41, 5.74) is 0.489. The number of methoxy groups -OCH3 is 2. The number of Topliss-reactive ketones (excluding diaryl/α,β-unsaturated/α-hetero) is 1. The second-order valence-electron chi connectivity index (χ2n) is 6.50. The summed E-state index contributed by atoms with van der Waals surface area (Å²) >= 11 is 12.5. The molecule has 0 saturated heterocycles. The van der Waals surface area contributed by atoms with Crippen molar-refractivity contribution in [3.05, 3.63) is 34.3 Å². The highest BCUT2D eigenvalue weighted by atomic mass is 35.5. The van der Waals surface area contributed by atoms with Crippen LogP contribution < -0.4 is 24.3 Å². The fraction of sp³-hybridized carbons (Fsp3) is 0.364. The predicted octanol–water partition coefficient (Wildman–Crippen LogP) is 5.49. The van der Waals surface area contributed by atoms with E-state index in [0.717, 1.165) is 0 Å². The molecule has 0 aromatic heterocycles. The summed E-state index contributed by atoms with van der Waals surface area (Å²) in [5.74, 6) is 0.0719. The van der Waals surface area contributed by atoms with E-state index < -0.39 is 17.7 Å². The first-order valence-corrected chi connectivity index (χ1v) is 10.7. The van der Waals surface area contributed by atoms with Crippen LogP contribution in [-0.2, 0) is 9.59 Å². The molecule has 0 spiro atoms. The smallest absolute Gasteiger partial charge is 0.258 e. The van der Waals surface area contributed by atoms with E-state index in [4.69, 9.17) is 42.1 Å². The van der Waals surface area contributed by atoms with E-state index in [1.807, 2.05) is 6.92 Å². The van der Waals surface area contributed by atoms with Crippen LogP contribution in [0, 0.1) is 0 Å². The number of halogens is 2. The Morgan fingerprint density at radius 1 is 1.00 bits per heavy atom. The first-order chi connectivity index (χ1) is 15.8. The minimum atomic E-state index is -1.43. The Bertz CT molecular complexity index is 1050. The molecule has 0 aliphatic rings. The topological polar surface area (TPSA) is 108 Å². The zero-order chi connectivity index (χ0) is 24.5. The maximum atomic E-state index is 12.8. The van der Waals surface area contributed by atoms with Gasteiger partial charge in [-0.1, -0.05) is 23.2 Å². The van der Waals surface area contributed by atoms with Crippen molar-refractivity contribution in [1.29, 1.82) is 0 Å². The van der Waals surface area contributed by atoms with E-state index in [-0.39, 0.29) is 27.2 Å². The molecule has 2 aromatic carbocycles. The fourth-order valence-electron chi connectivity index (χ4n) is 2.77. The summed E-state index contributed by atoms with van der Waals surface area (Å²) in [6, 6.07) is 4.73. The summed E-state index contributed by atoms with van der Waals surface area (Å²) in [5, 5.41) is 11.1. The highest BCUT2D eigenvalue weighted by Crippen LogP contribution is 2.40. The van der Waals surface area contributed by atoms with E-state index in [1.54, 1.807) is 19.1 Å². The Hall–Kier alpha value is -3.04. The lowest BCUT2D eigenvalue weighted by Crippen LogP contribution is -2.32. The summed E-state index contributed by atoms with van der Waals surface area (Å²) in [6.45, 7) is 5.62. The van der Waals surface area contributed by atoms with E-state index in [2.05, 4.69) is 15.5 Å². The molecule has 1 unspecified atom stereocenters. The van der Waals surface area contributed by atoms with Crippen molar-refractivity contribution in [3.63, 3.8) is 0 Å². The van der Waals surface area contributed by atoms with Crippen molar-refractivity contribution in [2.75, 3.05) is 32.8 Å². The lowest BCUT2D eigenvalue weighted by atomic mass is 10.2. The van der Waals surface area contributed by atoms with Crippen molar-refractivity contribution in [3.8, 4) is 23.0 Å². The van der Waals surface area contributed by atoms with Gasteiger partial charge in [-0.15, -0.1) is 0 Å². The third-order valence-electron chi connectivity index (χ3n) is 4.27. The van der Waals surface area contributed by atoms with Crippen LogP contribution in [0.2, 0.25) is 10.0 Å². The van der Waals surface area contributed by atoms with Crippen molar-refractivity contribution in [1.82, 2.24) is 0 Å². The lowest BCUT2D eigenvalue weighted by Gasteiger charge is -2.15. The van der Waals surface area contributed by atoms with Crippen LogP contribution in [0.15, 0.2) is 34.5 Å². The standard InChI is InChI=1S/C22H25Cl2N3O6/c1-6-32-17-11-18(33-7-2)15(10-13(17)23)26-27-20(12(3)28)22(29)25-14-8-9-16(30-4)19(24)21(14)31-5/h8-11,20H,6-7H2,1-5H3,(H,25,29). The van der Waals surface area contributed by atoms with E-state index >= 15 is 0 Å². The van der Waals surface area contributed by atoms with Crippen LogP contribution in [0.1, 0.15) is 20.8 Å². The lowest BCUT2D eigenvalue weighted by molar-refractivity contribution is -0.126. The second kappa shape index (κ2) is 12.3. The molecule has 1 N–H and O–H groups in total. The first-order valence-electron chi connectivity index (χ1n) is 9.99. The zero-order valence-electron chi connectivity index (χ0n) is 18.9. The number of hydrogen-bond donors (Lipinski definition) is 1. The van der Waals surface area contributed by atoms with Gasteiger partial charge in [-0.3, -0.25) is 9.59 Å². The zero-order valence-corrected chi connectivity index (χ0v) is 20.4. The number of ketones is 1. The van der Waals surface area contributed by atoms with Crippen LogP contribution >= 0.6 is 23.2 Å². The van der Waals surface area contributed by atoms with Crippen LogP contribution in [0.4, 0.5) is 11.4 Å². The molecular weight excluding hydrogens is 473 g/mol. The summed E-state index contributed by atoms with van der Waals surface area (Å²) in [7, 11) is 2.85. The van der Waals surface area contributed by atoms with Gasteiger partial charge >= 0.3 is 0 Å². The molecule has 0 bridgehead atoms. The van der Waals surface area contributed by atoms with Crippen LogP contribution in [-0.4, -0.2) is 45.2 Å². The van der Waals surface area contributed by atoms with Crippen LogP contribution in [0.25, 0.3) is 0 Å². The molecule has 9 nitrogen and oxygen atoms in total. The number of benzene rings is 2. The van der Waals surface area contributed by atoms with Crippen molar-refractivity contribution >= 4 is 46.3 Å². The van der Waals surface area contributed by atoms with Gasteiger partial charge in [0, 0.05) is 6.07 Å². The van der Waals surface area contributed by atoms with Gasteiger partial charge in [-0.05, 0) is 39.0 Å². The Kier molecular flexibility index (Phi) is 9.74. The predicted molar refractivity (Wildman–Crippen MR) is 126 cm³/mol. The number of nitrogens with zero attached hydrogens (tertiary/aromatic N) is 2. The molecular formula is C22H25Cl2N3O6. The number of carbonyl (C=O) groups excluding carboxylic acids is 2. The molecule has 33 heavy (non-hydrogen) atoms. The van der Waals surface area contributed by atoms with E-state index in [1.165, 1.54) is 33.3 Å². The number of amides is 1. The highest BCUT2D eigenvalue weighted by Gasteiger charge is 2.25. The van der Waals surface area contributed by atoms with Gasteiger partial charge in [0.25, 0.3) is 5.91 Å². The molecule has 0 aliphatic carbocycles. The maximum absolute atomic E-state index is 12.8. The minimum Gasteiger partial charge on any atom is -0.495 e. The number of rotatable bonds is 11. The Labute approximate surface area is 202 Å². The SMILES string of the molecule is CCOc1cc(OCC)c(N=NC(C(C)=O)C(=O)Nc2ccc(OC)c(Cl)c2OC)cc1Cl. The average Bonchev–Trinajstić information content (AvgIpc) is 2.77. The number of azo groups is 1. The Morgan fingerprint density at radius 3 is 2.24 bits per heavy atom. The normalized spacial score (nSPS) is 11.7. The number of ether oxygens (including phenoxy) is 4. The summed E-state index contributed by atoms with van der Waals surface area (Å²) in [4.78, 5) is 25.0. The minimum absolute atomic E-state index is 0.171. The molecule has 0 aliphatic heterocycles.